The summed E-state index contributed by atoms with van der Waals surface area (Å²) in [6.07, 6.45) is 1.87. The Kier molecular flexibility index (Phi) is 7.60. The summed E-state index contributed by atoms with van der Waals surface area (Å²) in [6, 6.07) is 11.4. The lowest BCUT2D eigenvalue weighted by Gasteiger charge is -2.25. The van der Waals surface area contributed by atoms with Crippen LogP contribution in [0, 0.1) is 13.8 Å². The number of carbonyl (C=O) groups is 1. The van der Waals surface area contributed by atoms with Crippen molar-refractivity contribution >= 4 is 5.91 Å². The normalized spacial score (nSPS) is 15.2. The van der Waals surface area contributed by atoms with E-state index < -0.39 is 0 Å². The first-order valence-corrected chi connectivity index (χ1v) is 11.7. The Morgan fingerprint density at radius 2 is 1.77 bits per heavy atom. The van der Waals surface area contributed by atoms with E-state index in [4.69, 9.17) is 23.5 Å². The molecule has 1 atom stereocenters. The number of methoxy groups -OCH3 is 3. The highest BCUT2D eigenvalue weighted by molar-refractivity contribution is 5.93. The molecule has 35 heavy (non-hydrogen) atoms. The van der Waals surface area contributed by atoms with E-state index in [-0.39, 0.29) is 17.7 Å². The molecule has 186 valence electrons. The summed E-state index contributed by atoms with van der Waals surface area (Å²) in [6.45, 7) is 5.57. The van der Waals surface area contributed by atoms with Crippen LogP contribution >= 0.6 is 0 Å². The summed E-state index contributed by atoms with van der Waals surface area (Å²) in [4.78, 5) is 15.3. The van der Waals surface area contributed by atoms with Crippen LogP contribution < -0.4 is 14.2 Å². The first-order chi connectivity index (χ1) is 16.9. The minimum atomic E-state index is -0.229. The number of aryl methyl sites for hydroxylation is 2. The molecular weight excluding hydrogens is 448 g/mol. The second-order valence-corrected chi connectivity index (χ2v) is 8.73. The van der Waals surface area contributed by atoms with Gasteiger partial charge < -0.3 is 28.4 Å². The first kappa shape index (κ1) is 24.6. The summed E-state index contributed by atoms with van der Waals surface area (Å²) < 4.78 is 27.8. The molecule has 0 saturated carbocycles. The number of benzene rings is 2. The highest BCUT2D eigenvalue weighted by Crippen LogP contribution is 2.38. The van der Waals surface area contributed by atoms with E-state index in [9.17, 15) is 4.79 Å². The Labute approximate surface area is 205 Å². The van der Waals surface area contributed by atoms with E-state index in [1.807, 2.05) is 37.3 Å². The molecule has 1 aliphatic rings. The predicted octanol–water partition coefficient (Wildman–Crippen LogP) is 4.81. The molecule has 1 fully saturated rings. The van der Waals surface area contributed by atoms with E-state index in [2.05, 4.69) is 12.1 Å². The SMILES string of the molecule is COc1cc(CN(CC2CCCO2)C(=O)c2cc(-c3ccc(C)c(C)c3)on2)cc(OC)c1OC. The molecule has 2 heterocycles. The smallest absolute Gasteiger partial charge is 0.276 e. The second kappa shape index (κ2) is 10.8. The number of aromatic nitrogens is 1. The molecule has 8 heteroatoms. The molecule has 1 aliphatic heterocycles. The maximum atomic E-state index is 13.6. The lowest BCUT2D eigenvalue weighted by Crippen LogP contribution is -2.37. The molecular formula is C27H32N2O6. The predicted molar refractivity (Wildman–Crippen MR) is 131 cm³/mol. The average Bonchev–Trinajstić information content (AvgIpc) is 3.57. The van der Waals surface area contributed by atoms with Crippen molar-refractivity contribution in [2.45, 2.75) is 39.3 Å². The van der Waals surface area contributed by atoms with Crippen LogP contribution in [-0.2, 0) is 11.3 Å². The van der Waals surface area contributed by atoms with Crippen LogP contribution in [0.2, 0.25) is 0 Å². The number of amides is 1. The van der Waals surface area contributed by atoms with E-state index in [1.165, 1.54) is 5.56 Å². The third kappa shape index (κ3) is 5.43. The van der Waals surface area contributed by atoms with Crippen LogP contribution in [0.25, 0.3) is 11.3 Å². The average molecular weight is 481 g/mol. The van der Waals surface area contributed by atoms with Crippen molar-refractivity contribution in [1.29, 1.82) is 0 Å². The van der Waals surface area contributed by atoms with E-state index in [0.717, 1.165) is 29.5 Å². The number of carbonyl (C=O) groups excluding carboxylic acids is 1. The highest BCUT2D eigenvalue weighted by atomic mass is 16.5. The van der Waals surface area contributed by atoms with Gasteiger partial charge in [-0.05, 0) is 61.6 Å². The van der Waals surface area contributed by atoms with Gasteiger partial charge in [-0.15, -0.1) is 0 Å². The van der Waals surface area contributed by atoms with Gasteiger partial charge in [0.05, 0.1) is 27.4 Å². The van der Waals surface area contributed by atoms with Gasteiger partial charge in [-0.1, -0.05) is 17.3 Å². The van der Waals surface area contributed by atoms with Crippen LogP contribution in [0.5, 0.6) is 17.2 Å². The zero-order chi connectivity index (χ0) is 24.9. The third-order valence-electron chi connectivity index (χ3n) is 6.35. The summed E-state index contributed by atoms with van der Waals surface area (Å²) in [5.74, 6) is 1.90. The van der Waals surface area contributed by atoms with Crippen LogP contribution in [0.1, 0.15) is 40.0 Å². The van der Waals surface area contributed by atoms with Crippen LogP contribution in [0.4, 0.5) is 0 Å². The molecule has 0 radical (unpaired) electrons. The number of rotatable bonds is 9. The molecule has 4 rings (SSSR count). The molecule has 1 amide bonds. The zero-order valence-electron chi connectivity index (χ0n) is 20.9. The summed E-state index contributed by atoms with van der Waals surface area (Å²) in [5.41, 5.74) is 4.31. The molecule has 0 N–H and O–H groups in total. The molecule has 1 aromatic heterocycles. The Balaban J connectivity index is 1.62. The number of ether oxygens (including phenoxy) is 4. The lowest BCUT2D eigenvalue weighted by molar-refractivity contribution is 0.0499. The standard InChI is InChI=1S/C27H32N2O6/c1-17-8-9-20(11-18(17)2)23-14-22(28-35-23)27(30)29(16-21-7-6-10-34-21)15-19-12-24(31-3)26(33-5)25(13-19)32-4/h8-9,11-14,21H,6-7,10,15-16H2,1-5H3. The summed E-state index contributed by atoms with van der Waals surface area (Å²) >= 11 is 0. The van der Waals surface area contributed by atoms with Gasteiger partial charge in [0.1, 0.15) is 0 Å². The Bertz CT molecular complexity index is 1160. The number of hydrogen-bond acceptors (Lipinski definition) is 7. The fourth-order valence-corrected chi connectivity index (χ4v) is 4.27. The van der Waals surface area contributed by atoms with E-state index in [0.29, 0.717) is 42.7 Å². The van der Waals surface area contributed by atoms with Gasteiger partial charge in [0.15, 0.2) is 23.0 Å². The maximum Gasteiger partial charge on any atom is 0.276 e. The van der Waals surface area contributed by atoms with Crippen LogP contribution in [0.3, 0.4) is 0 Å². The minimum absolute atomic E-state index is 0.0212. The van der Waals surface area contributed by atoms with Gasteiger partial charge >= 0.3 is 0 Å². The van der Waals surface area contributed by atoms with Crippen molar-refractivity contribution in [1.82, 2.24) is 10.1 Å². The molecule has 3 aromatic rings. The quantitative estimate of drug-likeness (QED) is 0.435. The first-order valence-electron chi connectivity index (χ1n) is 11.7. The molecule has 2 aromatic carbocycles. The fourth-order valence-electron chi connectivity index (χ4n) is 4.27. The Hall–Kier alpha value is -3.52. The van der Waals surface area contributed by atoms with Crippen molar-refractivity contribution in [3.63, 3.8) is 0 Å². The largest absolute Gasteiger partial charge is 0.493 e. The van der Waals surface area contributed by atoms with Crippen molar-refractivity contribution < 1.29 is 28.3 Å². The van der Waals surface area contributed by atoms with E-state index >= 15 is 0 Å². The number of nitrogens with zero attached hydrogens (tertiary/aromatic N) is 2. The molecule has 1 saturated heterocycles. The maximum absolute atomic E-state index is 13.6. The zero-order valence-corrected chi connectivity index (χ0v) is 20.9. The van der Waals surface area contributed by atoms with Gasteiger partial charge in [-0.2, -0.15) is 0 Å². The molecule has 1 unspecified atom stereocenters. The van der Waals surface area contributed by atoms with Crippen LogP contribution in [-0.4, -0.2) is 56.5 Å². The molecule has 0 bridgehead atoms. The van der Waals surface area contributed by atoms with Crippen molar-refractivity contribution in [3.8, 4) is 28.6 Å². The minimum Gasteiger partial charge on any atom is -0.493 e. The van der Waals surface area contributed by atoms with Crippen molar-refractivity contribution in [3.05, 3.63) is 58.8 Å². The van der Waals surface area contributed by atoms with Crippen molar-refractivity contribution in [2.75, 3.05) is 34.5 Å². The van der Waals surface area contributed by atoms with Gasteiger partial charge in [-0.25, -0.2) is 0 Å². The van der Waals surface area contributed by atoms with Gasteiger partial charge in [-0.3, -0.25) is 4.79 Å². The number of hydrogen-bond donors (Lipinski definition) is 0. The van der Waals surface area contributed by atoms with E-state index in [1.54, 1.807) is 32.3 Å². The lowest BCUT2D eigenvalue weighted by atomic mass is 10.0. The monoisotopic (exact) mass is 480 g/mol. The molecule has 8 nitrogen and oxygen atoms in total. The summed E-state index contributed by atoms with van der Waals surface area (Å²) in [7, 11) is 4.70. The molecule has 0 aliphatic carbocycles. The fraction of sp³-hybridized carbons (Fsp3) is 0.407. The van der Waals surface area contributed by atoms with Gasteiger partial charge in [0, 0.05) is 31.3 Å². The van der Waals surface area contributed by atoms with Gasteiger partial charge in [0.2, 0.25) is 5.75 Å². The topological polar surface area (TPSA) is 83.3 Å². The highest BCUT2D eigenvalue weighted by Gasteiger charge is 2.27. The van der Waals surface area contributed by atoms with Crippen LogP contribution in [0.15, 0.2) is 40.9 Å². The Morgan fingerprint density at radius 1 is 1.03 bits per heavy atom. The second-order valence-electron chi connectivity index (χ2n) is 8.73. The Morgan fingerprint density at radius 3 is 2.37 bits per heavy atom. The molecule has 0 spiro atoms. The third-order valence-corrected chi connectivity index (χ3v) is 6.35. The summed E-state index contributed by atoms with van der Waals surface area (Å²) in [5, 5.41) is 4.10. The van der Waals surface area contributed by atoms with Crippen molar-refractivity contribution in [2.24, 2.45) is 0 Å². The van der Waals surface area contributed by atoms with Gasteiger partial charge in [0.25, 0.3) is 5.91 Å².